The van der Waals surface area contributed by atoms with Gasteiger partial charge in [0.2, 0.25) is 0 Å². The molecular weight excluding hydrogens is 198 g/mol. The lowest BCUT2D eigenvalue weighted by atomic mass is 9.76. The largest absolute Gasteiger partial charge is 0.390 e. The number of aromatic nitrogens is 1. The summed E-state index contributed by atoms with van der Waals surface area (Å²) in [4.78, 5) is 4.33. The van der Waals surface area contributed by atoms with Crippen LogP contribution in [0.2, 0.25) is 0 Å². The number of fused-ring (bicyclic) bond motifs is 1. The molecule has 0 spiro atoms. The average molecular weight is 213 g/mol. The molecule has 1 aromatic heterocycles. The predicted molar refractivity (Wildman–Crippen MR) is 64.2 cm³/mol. The van der Waals surface area contributed by atoms with E-state index in [0.717, 1.165) is 31.2 Å². The molecule has 2 nitrogen and oxygen atoms in total. The molecule has 0 saturated heterocycles. The quantitative estimate of drug-likeness (QED) is 0.832. The van der Waals surface area contributed by atoms with Crippen molar-refractivity contribution in [2.45, 2.75) is 31.3 Å². The van der Waals surface area contributed by atoms with E-state index in [2.05, 4.69) is 11.1 Å². The molecule has 1 aliphatic rings. The lowest BCUT2D eigenvalue weighted by molar-refractivity contribution is -0.0320. The molecule has 16 heavy (non-hydrogen) atoms. The number of benzene rings is 1. The standard InChI is InChI=1S/C14H15NO/c16-14(7-3-8-14)10-11-6-9-15-13-5-2-1-4-12(11)13/h1-2,4-6,9,16H,3,7-8,10H2. The number of aliphatic hydroxyl groups is 1. The van der Waals surface area contributed by atoms with Crippen LogP contribution in [0.25, 0.3) is 10.9 Å². The summed E-state index contributed by atoms with van der Waals surface area (Å²) in [5, 5.41) is 11.4. The minimum absolute atomic E-state index is 0.454. The Morgan fingerprint density at radius 2 is 2.00 bits per heavy atom. The maximum absolute atomic E-state index is 10.2. The topological polar surface area (TPSA) is 33.1 Å². The van der Waals surface area contributed by atoms with Gasteiger partial charge in [-0.15, -0.1) is 0 Å². The Labute approximate surface area is 94.9 Å². The van der Waals surface area contributed by atoms with Crippen LogP contribution in [0.3, 0.4) is 0 Å². The second-order valence-corrected chi connectivity index (χ2v) is 4.74. The Bertz CT molecular complexity index is 512. The van der Waals surface area contributed by atoms with Crippen LogP contribution in [0, 0.1) is 0 Å². The van der Waals surface area contributed by atoms with Crippen molar-refractivity contribution in [2.75, 3.05) is 0 Å². The van der Waals surface area contributed by atoms with Crippen molar-refractivity contribution >= 4 is 10.9 Å². The van der Waals surface area contributed by atoms with E-state index in [1.54, 1.807) is 0 Å². The third kappa shape index (κ3) is 1.59. The predicted octanol–water partition coefficient (Wildman–Crippen LogP) is 2.69. The Kier molecular flexibility index (Phi) is 2.18. The van der Waals surface area contributed by atoms with Crippen LogP contribution in [0.1, 0.15) is 24.8 Å². The summed E-state index contributed by atoms with van der Waals surface area (Å²) in [6.45, 7) is 0. The molecule has 0 aliphatic heterocycles. The van der Waals surface area contributed by atoms with Gasteiger partial charge in [0.05, 0.1) is 11.1 Å². The van der Waals surface area contributed by atoms with Gasteiger partial charge in [0.25, 0.3) is 0 Å². The summed E-state index contributed by atoms with van der Waals surface area (Å²) in [6, 6.07) is 10.2. The SMILES string of the molecule is OC1(Cc2ccnc3ccccc23)CCC1. The fraction of sp³-hybridized carbons (Fsp3) is 0.357. The van der Waals surface area contributed by atoms with Crippen LogP contribution in [0.4, 0.5) is 0 Å². The number of para-hydroxylation sites is 1. The highest BCUT2D eigenvalue weighted by Gasteiger charge is 2.34. The van der Waals surface area contributed by atoms with Gasteiger partial charge in [-0.05, 0) is 37.0 Å². The normalized spacial score (nSPS) is 18.3. The molecule has 0 bridgehead atoms. The second-order valence-electron chi connectivity index (χ2n) is 4.74. The van der Waals surface area contributed by atoms with Crippen LogP contribution < -0.4 is 0 Å². The summed E-state index contributed by atoms with van der Waals surface area (Å²) in [6.07, 6.45) is 5.61. The molecule has 0 amide bonds. The van der Waals surface area contributed by atoms with Crippen molar-refractivity contribution in [2.24, 2.45) is 0 Å². The van der Waals surface area contributed by atoms with Crippen molar-refractivity contribution in [3.63, 3.8) is 0 Å². The molecule has 1 aromatic carbocycles. The highest BCUT2D eigenvalue weighted by Crippen LogP contribution is 2.35. The number of rotatable bonds is 2. The summed E-state index contributed by atoms with van der Waals surface area (Å²) in [5.41, 5.74) is 1.78. The monoisotopic (exact) mass is 213 g/mol. The zero-order chi connectivity index (χ0) is 11.0. The van der Waals surface area contributed by atoms with Crippen molar-refractivity contribution in [1.29, 1.82) is 0 Å². The van der Waals surface area contributed by atoms with Gasteiger partial charge < -0.3 is 5.11 Å². The smallest absolute Gasteiger partial charge is 0.0704 e. The highest BCUT2D eigenvalue weighted by atomic mass is 16.3. The molecule has 1 fully saturated rings. The minimum atomic E-state index is -0.454. The third-order valence-corrected chi connectivity index (χ3v) is 3.54. The van der Waals surface area contributed by atoms with E-state index < -0.39 is 5.60 Å². The van der Waals surface area contributed by atoms with Gasteiger partial charge in [-0.2, -0.15) is 0 Å². The molecule has 82 valence electrons. The Balaban J connectivity index is 2.03. The molecule has 1 aliphatic carbocycles. The molecule has 2 heteroatoms. The van der Waals surface area contributed by atoms with Crippen molar-refractivity contribution < 1.29 is 5.11 Å². The molecule has 1 saturated carbocycles. The number of nitrogens with zero attached hydrogens (tertiary/aromatic N) is 1. The minimum Gasteiger partial charge on any atom is -0.390 e. The molecule has 0 radical (unpaired) electrons. The second kappa shape index (κ2) is 3.56. The first-order chi connectivity index (χ1) is 7.77. The first-order valence-corrected chi connectivity index (χ1v) is 5.82. The van der Waals surface area contributed by atoms with Gasteiger partial charge in [0.1, 0.15) is 0 Å². The van der Waals surface area contributed by atoms with Crippen molar-refractivity contribution in [3.8, 4) is 0 Å². The van der Waals surface area contributed by atoms with E-state index in [9.17, 15) is 5.11 Å². The maximum atomic E-state index is 10.2. The van der Waals surface area contributed by atoms with Crippen LogP contribution in [0.15, 0.2) is 36.5 Å². The fourth-order valence-electron chi connectivity index (χ4n) is 2.43. The Morgan fingerprint density at radius 1 is 1.19 bits per heavy atom. The zero-order valence-electron chi connectivity index (χ0n) is 9.19. The number of hydrogen-bond donors (Lipinski definition) is 1. The Morgan fingerprint density at radius 3 is 2.75 bits per heavy atom. The van der Waals surface area contributed by atoms with Gasteiger partial charge in [0, 0.05) is 18.0 Å². The van der Waals surface area contributed by atoms with Gasteiger partial charge in [0.15, 0.2) is 0 Å². The summed E-state index contributed by atoms with van der Waals surface area (Å²) >= 11 is 0. The zero-order valence-corrected chi connectivity index (χ0v) is 9.19. The first-order valence-electron chi connectivity index (χ1n) is 5.82. The lowest BCUT2D eigenvalue weighted by Crippen LogP contribution is -2.38. The van der Waals surface area contributed by atoms with Gasteiger partial charge in [-0.1, -0.05) is 18.2 Å². The molecule has 2 aromatic rings. The average Bonchev–Trinajstić information content (AvgIpc) is 2.27. The lowest BCUT2D eigenvalue weighted by Gasteiger charge is -2.36. The van der Waals surface area contributed by atoms with Crippen LogP contribution in [0.5, 0.6) is 0 Å². The van der Waals surface area contributed by atoms with Crippen molar-refractivity contribution in [3.05, 3.63) is 42.1 Å². The summed E-state index contributed by atoms with van der Waals surface area (Å²) in [5.74, 6) is 0. The van der Waals surface area contributed by atoms with Crippen LogP contribution in [-0.2, 0) is 6.42 Å². The van der Waals surface area contributed by atoms with E-state index in [0.29, 0.717) is 0 Å². The van der Waals surface area contributed by atoms with Crippen LogP contribution in [-0.4, -0.2) is 15.7 Å². The van der Waals surface area contributed by atoms with E-state index in [-0.39, 0.29) is 0 Å². The van der Waals surface area contributed by atoms with Gasteiger partial charge in [-0.3, -0.25) is 4.98 Å². The van der Waals surface area contributed by atoms with Gasteiger partial charge >= 0.3 is 0 Å². The molecule has 3 rings (SSSR count). The molecule has 1 N–H and O–H groups in total. The number of pyridine rings is 1. The maximum Gasteiger partial charge on any atom is 0.0704 e. The van der Waals surface area contributed by atoms with E-state index in [1.165, 1.54) is 10.9 Å². The first kappa shape index (κ1) is 9.79. The molecule has 1 heterocycles. The van der Waals surface area contributed by atoms with Crippen LogP contribution >= 0.6 is 0 Å². The molecule has 0 unspecified atom stereocenters. The van der Waals surface area contributed by atoms with E-state index in [1.807, 2.05) is 30.5 Å². The summed E-state index contributed by atoms with van der Waals surface area (Å²) in [7, 11) is 0. The highest BCUT2D eigenvalue weighted by molar-refractivity contribution is 5.81. The Hall–Kier alpha value is -1.41. The molecule has 0 atom stereocenters. The number of hydrogen-bond acceptors (Lipinski definition) is 2. The fourth-order valence-corrected chi connectivity index (χ4v) is 2.43. The summed E-state index contributed by atoms with van der Waals surface area (Å²) < 4.78 is 0. The molecular formula is C14H15NO. The van der Waals surface area contributed by atoms with Gasteiger partial charge in [-0.25, -0.2) is 0 Å². The van der Waals surface area contributed by atoms with E-state index in [4.69, 9.17) is 0 Å². The van der Waals surface area contributed by atoms with Crippen molar-refractivity contribution in [1.82, 2.24) is 4.98 Å². The van der Waals surface area contributed by atoms with E-state index >= 15 is 0 Å². The third-order valence-electron chi connectivity index (χ3n) is 3.54.